The van der Waals surface area contributed by atoms with Crippen LogP contribution in [0.15, 0.2) is 53.6 Å². The van der Waals surface area contributed by atoms with Gasteiger partial charge in [0.2, 0.25) is 0 Å². The number of rotatable bonds is 6. The van der Waals surface area contributed by atoms with Crippen LogP contribution in [0.4, 0.5) is 4.79 Å². The molecule has 1 heterocycles. The van der Waals surface area contributed by atoms with E-state index in [1.165, 1.54) is 13.3 Å². The number of para-hydroxylation sites is 1. The molecule has 1 saturated heterocycles. The van der Waals surface area contributed by atoms with Crippen molar-refractivity contribution in [3.63, 3.8) is 0 Å². The van der Waals surface area contributed by atoms with Gasteiger partial charge in [0.15, 0.2) is 0 Å². The molecule has 2 fully saturated rings. The first kappa shape index (κ1) is 21.5. The molecule has 3 amide bonds. The molecule has 1 aliphatic heterocycles. The van der Waals surface area contributed by atoms with Gasteiger partial charge in [0.25, 0.3) is 5.91 Å². The summed E-state index contributed by atoms with van der Waals surface area (Å²) in [5.41, 5.74) is 1.17. The van der Waals surface area contributed by atoms with E-state index >= 15 is 0 Å². The van der Waals surface area contributed by atoms with Crippen molar-refractivity contribution in [1.29, 1.82) is 0 Å². The molecule has 0 atom stereocenters. The fraction of sp³-hybridized carbons (Fsp3) is 0.333. The summed E-state index contributed by atoms with van der Waals surface area (Å²) in [6, 6.07) is 13.7. The topological polar surface area (TPSA) is 97.3 Å². The van der Waals surface area contributed by atoms with Crippen molar-refractivity contribution in [1.82, 2.24) is 10.3 Å². The van der Waals surface area contributed by atoms with E-state index in [0.29, 0.717) is 29.7 Å². The number of carbonyl (C=O) groups excluding carboxylic acids is 3. The molecule has 32 heavy (non-hydrogen) atoms. The van der Waals surface area contributed by atoms with E-state index in [-0.39, 0.29) is 12.5 Å². The van der Waals surface area contributed by atoms with Crippen LogP contribution in [0.1, 0.15) is 53.6 Å². The quantitative estimate of drug-likeness (QED) is 0.424. The Morgan fingerprint density at radius 3 is 2.53 bits per heavy atom. The van der Waals surface area contributed by atoms with Gasteiger partial charge in [-0.2, -0.15) is 5.10 Å². The summed E-state index contributed by atoms with van der Waals surface area (Å²) in [5.74, 6) is -0.121. The summed E-state index contributed by atoms with van der Waals surface area (Å²) in [6.45, 7) is 0.276. The summed E-state index contributed by atoms with van der Waals surface area (Å²) in [6.07, 6.45) is 5.68. The predicted molar refractivity (Wildman–Crippen MR) is 117 cm³/mol. The van der Waals surface area contributed by atoms with Crippen LogP contribution >= 0.6 is 0 Å². The first-order chi connectivity index (χ1) is 15.5. The highest BCUT2D eigenvalue weighted by Gasteiger charge is 2.51. The van der Waals surface area contributed by atoms with Gasteiger partial charge in [-0.15, -0.1) is 5.01 Å². The number of carbonyl (C=O) groups is 3. The lowest BCUT2D eigenvalue weighted by Gasteiger charge is -2.29. The predicted octanol–water partition coefficient (Wildman–Crippen LogP) is 3.64. The highest BCUT2D eigenvalue weighted by molar-refractivity contribution is 6.07. The highest BCUT2D eigenvalue weighted by Crippen LogP contribution is 2.33. The minimum atomic E-state index is -0.806. The number of imide groups is 1. The zero-order valence-electron chi connectivity index (χ0n) is 17.9. The number of benzene rings is 2. The van der Waals surface area contributed by atoms with Gasteiger partial charge < -0.3 is 14.8 Å². The second kappa shape index (κ2) is 9.21. The third kappa shape index (κ3) is 4.34. The molecule has 0 aromatic heterocycles. The third-order valence-corrected chi connectivity index (χ3v) is 5.85. The van der Waals surface area contributed by atoms with Crippen molar-refractivity contribution >= 4 is 24.1 Å². The minimum absolute atomic E-state index is 0.276. The lowest BCUT2D eigenvalue weighted by Crippen LogP contribution is -2.48. The second-order valence-corrected chi connectivity index (χ2v) is 7.95. The Hall–Kier alpha value is -3.68. The van der Waals surface area contributed by atoms with Crippen LogP contribution < -0.4 is 10.1 Å². The molecular formula is C24H25N3O5. The largest absolute Gasteiger partial charge is 0.488 e. The number of nitrogens with one attached hydrogen (secondary N) is 1. The molecule has 4 rings (SSSR count). The van der Waals surface area contributed by atoms with Crippen LogP contribution in [0.2, 0.25) is 0 Å². The summed E-state index contributed by atoms with van der Waals surface area (Å²) >= 11 is 0. The molecule has 0 unspecified atom stereocenters. The zero-order chi connectivity index (χ0) is 22.6. The van der Waals surface area contributed by atoms with E-state index in [4.69, 9.17) is 9.47 Å². The number of hydrazone groups is 1. The van der Waals surface area contributed by atoms with Crippen molar-refractivity contribution in [3.8, 4) is 5.75 Å². The van der Waals surface area contributed by atoms with Gasteiger partial charge in [0.1, 0.15) is 17.9 Å². The number of hydrogen-bond donors (Lipinski definition) is 1. The fourth-order valence-corrected chi connectivity index (χ4v) is 4.06. The summed E-state index contributed by atoms with van der Waals surface area (Å²) in [7, 11) is 1.34. The van der Waals surface area contributed by atoms with Crippen LogP contribution in [0.3, 0.4) is 0 Å². The van der Waals surface area contributed by atoms with Gasteiger partial charge in [-0.3, -0.25) is 4.79 Å². The van der Waals surface area contributed by atoms with Crippen LogP contribution in [-0.4, -0.2) is 41.8 Å². The van der Waals surface area contributed by atoms with E-state index in [0.717, 1.165) is 29.8 Å². The maximum Gasteiger partial charge on any atom is 0.346 e. The molecule has 1 N–H and O–H groups in total. The fourth-order valence-electron chi connectivity index (χ4n) is 4.06. The molecule has 8 heteroatoms. The van der Waals surface area contributed by atoms with Crippen molar-refractivity contribution in [2.75, 3.05) is 7.11 Å². The molecule has 2 aromatic carbocycles. The number of esters is 1. The number of methoxy groups -OCH3 is 1. The smallest absolute Gasteiger partial charge is 0.346 e. The van der Waals surface area contributed by atoms with Crippen LogP contribution in [0, 0.1) is 0 Å². The molecule has 2 aromatic rings. The summed E-state index contributed by atoms with van der Waals surface area (Å²) in [5, 5.41) is 7.94. The van der Waals surface area contributed by atoms with Gasteiger partial charge in [-0.1, -0.05) is 43.5 Å². The van der Waals surface area contributed by atoms with Crippen molar-refractivity contribution < 1.29 is 23.9 Å². The Morgan fingerprint density at radius 2 is 1.81 bits per heavy atom. The van der Waals surface area contributed by atoms with Crippen LogP contribution in [0.5, 0.6) is 5.75 Å². The Bertz CT molecular complexity index is 1040. The van der Waals surface area contributed by atoms with Gasteiger partial charge >= 0.3 is 12.0 Å². The van der Waals surface area contributed by atoms with Crippen molar-refractivity contribution in [2.45, 2.75) is 44.2 Å². The Balaban J connectivity index is 1.44. The SMILES string of the molecule is COC(=O)c1ccc(COc2ccccc2C=NN2C(=O)NC3(CCCCC3)C2=O)cc1. The highest BCUT2D eigenvalue weighted by atomic mass is 16.5. The minimum Gasteiger partial charge on any atom is -0.488 e. The lowest BCUT2D eigenvalue weighted by atomic mass is 9.82. The number of nitrogens with zero attached hydrogens (tertiary/aromatic N) is 2. The average molecular weight is 435 g/mol. The van der Waals surface area contributed by atoms with E-state index < -0.39 is 17.5 Å². The normalized spacial score (nSPS) is 17.6. The van der Waals surface area contributed by atoms with Crippen LogP contribution in [-0.2, 0) is 16.1 Å². The van der Waals surface area contributed by atoms with E-state index in [9.17, 15) is 14.4 Å². The molecule has 2 aliphatic rings. The molecular weight excluding hydrogens is 410 g/mol. The molecule has 1 spiro atoms. The zero-order valence-corrected chi connectivity index (χ0v) is 17.9. The monoisotopic (exact) mass is 435 g/mol. The number of amides is 3. The molecule has 1 aliphatic carbocycles. The summed E-state index contributed by atoms with van der Waals surface area (Å²) in [4.78, 5) is 36.8. The standard InChI is InChI=1S/C24H25N3O5/c1-31-21(28)18-11-9-17(10-12-18)16-32-20-8-4-3-7-19(20)15-25-27-22(29)24(26-23(27)30)13-5-2-6-14-24/h3-4,7-12,15H,2,5-6,13-14,16H2,1H3,(H,26,30). The summed E-state index contributed by atoms with van der Waals surface area (Å²) < 4.78 is 10.6. The molecule has 8 nitrogen and oxygen atoms in total. The third-order valence-electron chi connectivity index (χ3n) is 5.85. The van der Waals surface area contributed by atoms with E-state index in [1.54, 1.807) is 36.4 Å². The molecule has 166 valence electrons. The maximum atomic E-state index is 12.9. The van der Waals surface area contributed by atoms with Gasteiger partial charge in [-0.05, 0) is 42.7 Å². The van der Waals surface area contributed by atoms with Crippen molar-refractivity contribution in [2.24, 2.45) is 5.10 Å². The molecule has 1 saturated carbocycles. The van der Waals surface area contributed by atoms with Gasteiger partial charge in [-0.25, -0.2) is 9.59 Å². The van der Waals surface area contributed by atoms with Crippen molar-refractivity contribution in [3.05, 3.63) is 65.2 Å². The van der Waals surface area contributed by atoms with E-state index in [1.807, 2.05) is 12.1 Å². The average Bonchev–Trinajstić information content (AvgIpc) is 3.05. The number of ether oxygens (including phenoxy) is 2. The van der Waals surface area contributed by atoms with Gasteiger partial charge in [0, 0.05) is 5.56 Å². The second-order valence-electron chi connectivity index (χ2n) is 7.95. The Labute approximate surface area is 186 Å². The first-order valence-electron chi connectivity index (χ1n) is 10.6. The molecule has 0 radical (unpaired) electrons. The number of hydrogen-bond acceptors (Lipinski definition) is 6. The van der Waals surface area contributed by atoms with E-state index in [2.05, 4.69) is 10.4 Å². The Kier molecular flexibility index (Phi) is 6.20. The number of urea groups is 1. The van der Waals surface area contributed by atoms with Gasteiger partial charge in [0.05, 0.1) is 18.9 Å². The first-order valence-corrected chi connectivity index (χ1v) is 10.6. The lowest BCUT2D eigenvalue weighted by molar-refractivity contribution is -0.132. The maximum absolute atomic E-state index is 12.9. The Morgan fingerprint density at radius 1 is 1.09 bits per heavy atom. The van der Waals surface area contributed by atoms with Crippen LogP contribution in [0.25, 0.3) is 0 Å². The molecule has 0 bridgehead atoms.